The van der Waals surface area contributed by atoms with Gasteiger partial charge in [-0.1, -0.05) is 12.1 Å². The quantitative estimate of drug-likeness (QED) is 0.581. The number of hydrogen-bond acceptors (Lipinski definition) is 4. The monoisotopic (exact) mass is 345 g/mol. The molecule has 0 fully saturated rings. The molecule has 1 rings (SSSR count). The Morgan fingerprint density at radius 1 is 1.19 bits per heavy atom. The maximum absolute atomic E-state index is 12.6. The fourth-order valence-electron chi connectivity index (χ4n) is 1.53. The average molecular weight is 346 g/mol. The zero-order valence-electron chi connectivity index (χ0n) is 11.0. The van der Waals surface area contributed by atoms with Gasteiger partial charge in [0.2, 0.25) is 0 Å². The van der Waals surface area contributed by atoms with Crippen molar-refractivity contribution in [1.82, 2.24) is 0 Å². The number of para-hydroxylation sites is 1. The maximum atomic E-state index is 12.6. The molecule has 0 saturated carbocycles. The van der Waals surface area contributed by atoms with Crippen LogP contribution in [0, 0.1) is 0 Å². The molecule has 0 amide bonds. The van der Waals surface area contributed by atoms with E-state index in [9.17, 15) is 21.6 Å². The Kier molecular flexibility index (Phi) is 6.76. The molecule has 120 valence electrons. The maximum Gasteiger partial charge on any atom is 0.501 e. The third-order valence-electron chi connectivity index (χ3n) is 2.48. The first kappa shape index (κ1) is 18.1. The van der Waals surface area contributed by atoms with Crippen molar-refractivity contribution in [2.45, 2.75) is 16.8 Å². The third-order valence-corrected chi connectivity index (χ3v) is 4.18. The molecule has 0 aliphatic carbocycles. The topological polar surface area (TPSA) is 55.4 Å². The fraction of sp³-hybridized carbons (Fsp3) is 0.500. The van der Waals surface area contributed by atoms with Crippen molar-refractivity contribution >= 4 is 27.1 Å². The van der Waals surface area contributed by atoms with Gasteiger partial charge in [-0.2, -0.15) is 13.2 Å². The van der Waals surface area contributed by atoms with E-state index in [1.807, 2.05) is 0 Å². The SMILES string of the molecule is O=S(=O)(c1ccccc1NCCCOCCCl)C(F)(F)F. The van der Waals surface area contributed by atoms with Crippen LogP contribution in [0.15, 0.2) is 29.2 Å². The molecular weight excluding hydrogens is 331 g/mol. The highest BCUT2D eigenvalue weighted by atomic mass is 35.5. The first-order chi connectivity index (χ1) is 9.80. The van der Waals surface area contributed by atoms with Gasteiger partial charge in [0.05, 0.1) is 17.2 Å². The van der Waals surface area contributed by atoms with Crippen LogP contribution in [0.3, 0.4) is 0 Å². The van der Waals surface area contributed by atoms with Crippen molar-refractivity contribution in [2.75, 3.05) is 31.0 Å². The Labute approximate surface area is 126 Å². The predicted octanol–water partition coefficient (Wildman–Crippen LogP) is 3.04. The van der Waals surface area contributed by atoms with Gasteiger partial charge in [0.1, 0.15) is 0 Å². The van der Waals surface area contributed by atoms with Crippen molar-refractivity contribution in [3.05, 3.63) is 24.3 Å². The smallest absolute Gasteiger partial charge is 0.384 e. The number of alkyl halides is 4. The Morgan fingerprint density at radius 3 is 2.48 bits per heavy atom. The summed E-state index contributed by atoms with van der Waals surface area (Å²) in [7, 11) is -5.37. The summed E-state index contributed by atoms with van der Waals surface area (Å²) in [6, 6.07) is 4.92. The van der Waals surface area contributed by atoms with E-state index in [-0.39, 0.29) is 12.2 Å². The number of nitrogens with one attached hydrogen (secondary N) is 1. The predicted molar refractivity (Wildman–Crippen MR) is 74.3 cm³/mol. The van der Waals surface area contributed by atoms with Crippen molar-refractivity contribution in [3.63, 3.8) is 0 Å². The first-order valence-electron chi connectivity index (χ1n) is 6.08. The van der Waals surface area contributed by atoms with E-state index < -0.39 is 20.2 Å². The second-order valence-electron chi connectivity index (χ2n) is 4.03. The van der Waals surface area contributed by atoms with Crippen molar-refractivity contribution in [3.8, 4) is 0 Å². The van der Waals surface area contributed by atoms with E-state index in [1.54, 1.807) is 0 Å². The molecule has 1 N–H and O–H groups in total. The molecule has 0 saturated heterocycles. The summed E-state index contributed by atoms with van der Waals surface area (Å²) in [5.41, 5.74) is -5.40. The second kappa shape index (κ2) is 7.86. The largest absolute Gasteiger partial charge is 0.501 e. The van der Waals surface area contributed by atoms with Gasteiger partial charge in [-0.3, -0.25) is 0 Å². The molecule has 0 aliphatic heterocycles. The van der Waals surface area contributed by atoms with Gasteiger partial charge in [-0.15, -0.1) is 11.6 Å². The molecular formula is C12H15ClF3NO3S. The number of anilines is 1. The molecule has 4 nitrogen and oxygen atoms in total. The average Bonchev–Trinajstić information content (AvgIpc) is 2.42. The highest BCUT2D eigenvalue weighted by molar-refractivity contribution is 7.92. The minimum absolute atomic E-state index is 0.0767. The Bertz CT molecular complexity index is 549. The molecule has 21 heavy (non-hydrogen) atoms. The second-order valence-corrected chi connectivity index (χ2v) is 6.31. The van der Waals surface area contributed by atoms with E-state index in [1.165, 1.54) is 18.2 Å². The fourth-order valence-corrected chi connectivity index (χ4v) is 2.57. The van der Waals surface area contributed by atoms with E-state index in [4.69, 9.17) is 16.3 Å². The Balaban J connectivity index is 2.73. The molecule has 0 radical (unpaired) electrons. The van der Waals surface area contributed by atoms with Crippen LogP contribution in [0.2, 0.25) is 0 Å². The van der Waals surface area contributed by atoms with Gasteiger partial charge in [0.15, 0.2) is 0 Å². The van der Waals surface area contributed by atoms with Crippen LogP contribution in [0.1, 0.15) is 6.42 Å². The molecule has 0 unspecified atom stereocenters. The van der Waals surface area contributed by atoms with E-state index in [0.717, 1.165) is 6.07 Å². The van der Waals surface area contributed by atoms with Crippen LogP contribution in [0.5, 0.6) is 0 Å². The van der Waals surface area contributed by atoms with Crippen molar-refractivity contribution in [2.24, 2.45) is 0 Å². The lowest BCUT2D eigenvalue weighted by Gasteiger charge is -2.14. The lowest BCUT2D eigenvalue weighted by Crippen LogP contribution is -2.24. The number of rotatable bonds is 8. The summed E-state index contributed by atoms with van der Waals surface area (Å²) in [5.74, 6) is 0.361. The van der Waals surface area contributed by atoms with Gasteiger partial charge in [-0.25, -0.2) is 8.42 Å². The molecule has 0 bridgehead atoms. The van der Waals surface area contributed by atoms with Gasteiger partial charge < -0.3 is 10.1 Å². The minimum atomic E-state index is -5.37. The first-order valence-corrected chi connectivity index (χ1v) is 8.10. The molecule has 9 heteroatoms. The molecule has 1 aromatic carbocycles. The molecule has 0 aromatic heterocycles. The van der Waals surface area contributed by atoms with E-state index in [0.29, 0.717) is 25.5 Å². The normalized spacial score (nSPS) is 12.4. The lowest BCUT2D eigenvalue weighted by molar-refractivity contribution is -0.0435. The summed E-state index contributed by atoms with van der Waals surface area (Å²) in [6.07, 6.45) is 0.511. The Hall–Kier alpha value is -0.990. The summed E-state index contributed by atoms with van der Waals surface area (Å²) in [4.78, 5) is -0.779. The highest BCUT2D eigenvalue weighted by Gasteiger charge is 2.47. The summed E-state index contributed by atoms with van der Waals surface area (Å²) < 4.78 is 65.7. The highest BCUT2D eigenvalue weighted by Crippen LogP contribution is 2.34. The molecule has 0 aliphatic rings. The number of hydrogen-bond donors (Lipinski definition) is 1. The van der Waals surface area contributed by atoms with E-state index in [2.05, 4.69) is 5.32 Å². The molecule has 0 heterocycles. The van der Waals surface area contributed by atoms with Crippen molar-refractivity contribution in [1.29, 1.82) is 0 Å². The van der Waals surface area contributed by atoms with Crippen LogP contribution in [0.25, 0.3) is 0 Å². The van der Waals surface area contributed by atoms with Gasteiger partial charge >= 0.3 is 5.51 Å². The summed E-state index contributed by atoms with van der Waals surface area (Å²) in [6.45, 7) is 1.06. The van der Waals surface area contributed by atoms with Crippen LogP contribution < -0.4 is 5.32 Å². The molecule has 1 aromatic rings. The third kappa shape index (κ3) is 5.05. The number of ether oxygens (including phenoxy) is 1. The number of halogens is 4. The number of benzene rings is 1. The molecule has 0 atom stereocenters. The standard InChI is InChI=1S/C12H15ClF3NO3S/c13-6-9-20-8-3-7-17-10-4-1-2-5-11(10)21(18,19)12(14,15)16/h1-2,4-5,17H,3,6-9H2. The zero-order chi connectivity index (χ0) is 15.9. The van der Waals surface area contributed by atoms with Crippen LogP contribution in [-0.2, 0) is 14.6 Å². The summed E-state index contributed by atoms with van der Waals surface area (Å²) in [5, 5.41) is 2.68. The summed E-state index contributed by atoms with van der Waals surface area (Å²) >= 11 is 5.41. The van der Waals surface area contributed by atoms with E-state index >= 15 is 0 Å². The zero-order valence-corrected chi connectivity index (χ0v) is 12.6. The van der Waals surface area contributed by atoms with Crippen LogP contribution >= 0.6 is 11.6 Å². The number of sulfone groups is 1. The van der Waals surface area contributed by atoms with Gasteiger partial charge in [0.25, 0.3) is 9.84 Å². The Morgan fingerprint density at radius 2 is 1.86 bits per heavy atom. The van der Waals surface area contributed by atoms with Crippen molar-refractivity contribution < 1.29 is 26.3 Å². The lowest BCUT2D eigenvalue weighted by atomic mass is 10.3. The minimum Gasteiger partial charge on any atom is -0.384 e. The van der Waals surface area contributed by atoms with Crippen LogP contribution in [-0.4, -0.2) is 39.6 Å². The van der Waals surface area contributed by atoms with Gasteiger partial charge in [0, 0.05) is 19.0 Å². The molecule has 0 spiro atoms. The van der Waals surface area contributed by atoms with Gasteiger partial charge in [-0.05, 0) is 18.6 Å². The van der Waals surface area contributed by atoms with Crippen LogP contribution in [0.4, 0.5) is 18.9 Å².